The van der Waals surface area contributed by atoms with Crippen molar-refractivity contribution in [3.63, 3.8) is 0 Å². The van der Waals surface area contributed by atoms with E-state index in [4.69, 9.17) is 0 Å². The molecule has 0 bridgehead atoms. The van der Waals surface area contributed by atoms with Crippen molar-refractivity contribution in [3.05, 3.63) is 57.8 Å². The fourth-order valence-corrected chi connectivity index (χ4v) is 2.87. The van der Waals surface area contributed by atoms with Crippen molar-refractivity contribution in [1.29, 1.82) is 0 Å². The second kappa shape index (κ2) is 5.00. The summed E-state index contributed by atoms with van der Waals surface area (Å²) in [4.78, 5) is 28.8. The SMILES string of the molecule is O=C1C(=O)N(Cc2cncc(F)c2)c2c(Br)cc(F)cc21. The van der Waals surface area contributed by atoms with Crippen LogP contribution in [0.5, 0.6) is 0 Å². The Hall–Kier alpha value is -2.15. The van der Waals surface area contributed by atoms with Gasteiger partial charge in [0.15, 0.2) is 0 Å². The van der Waals surface area contributed by atoms with Crippen LogP contribution < -0.4 is 4.90 Å². The number of amides is 1. The average Bonchev–Trinajstić information content (AvgIpc) is 2.64. The molecule has 0 radical (unpaired) electrons. The molecule has 1 amide bonds. The maximum absolute atomic E-state index is 13.4. The quantitative estimate of drug-likeness (QED) is 0.781. The third-order valence-electron chi connectivity index (χ3n) is 3.08. The molecule has 1 aromatic heterocycles. The predicted octanol–water partition coefficient (Wildman–Crippen LogP) is 2.85. The molecule has 1 aromatic carbocycles. The zero-order chi connectivity index (χ0) is 15.1. The lowest BCUT2D eigenvalue weighted by atomic mass is 10.1. The third kappa shape index (κ3) is 2.33. The molecule has 106 valence electrons. The molecule has 0 aliphatic carbocycles. The minimum atomic E-state index is -0.783. The van der Waals surface area contributed by atoms with E-state index in [1.54, 1.807) is 0 Å². The highest BCUT2D eigenvalue weighted by Crippen LogP contribution is 2.37. The summed E-state index contributed by atoms with van der Waals surface area (Å²) in [6.07, 6.45) is 2.44. The number of ketones is 1. The highest BCUT2D eigenvalue weighted by atomic mass is 79.9. The zero-order valence-corrected chi connectivity index (χ0v) is 12.0. The molecule has 1 aliphatic rings. The molecule has 21 heavy (non-hydrogen) atoms. The Morgan fingerprint density at radius 3 is 2.57 bits per heavy atom. The number of Topliss-reactive ketones (excluding diaryl/α,β-unsaturated/α-hetero) is 1. The largest absolute Gasteiger partial charge is 0.299 e. The molecule has 0 fully saturated rings. The zero-order valence-electron chi connectivity index (χ0n) is 10.4. The van der Waals surface area contributed by atoms with Gasteiger partial charge in [-0.3, -0.25) is 19.5 Å². The van der Waals surface area contributed by atoms with Crippen molar-refractivity contribution in [2.75, 3.05) is 4.90 Å². The summed E-state index contributed by atoms with van der Waals surface area (Å²) in [5.41, 5.74) is 0.715. The Bertz CT molecular complexity index is 780. The van der Waals surface area contributed by atoms with E-state index in [1.165, 1.54) is 23.2 Å². The van der Waals surface area contributed by atoms with Crippen LogP contribution in [0.15, 0.2) is 35.1 Å². The van der Waals surface area contributed by atoms with Crippen molar-refractivity contribution < 1.29 is 18.4 Å². The molecular formula is C14H7BrF2N2O2. The fourth-order valence-electron chi connectivity index (χ4n) is 2.23. The number of hydrogen-bond donors (Lipinski definition) is 0. The van der Waals surface area contributed by atoms with Crippen LogP contribution in [0, 0.1) is 11.6 Å². The molecule has 7 heteroatoms. The minimum Gasteiger partial charge on any atom is -0.299 e. The van der Waals surface area contributed by atoms with Gasteiger partial charge in [0, 0.05) is 10.7 Å². The summed E-state index contributed by atoms with van der Waals surface area (Å²) in [6, 6.07) is 3.41. The highest BCUT2D eigenvalue weighted by Gasteiger charge is 2.37. The van der Waals surface area contributed by atoms with Crippen LogP contribution in [-0.2, 0) is 11.3 Å². The summed E-state index contributed by atoms with van der Waals surface area (Å²) in [5.74, 6) is -2.71. The summed E-state index contributed by atoms with van der Waals surface area (Å²) in [6.45, 7) is -0.0213. The molecule has 1 aliphatic heterocycles. The number of halogens is 3. The van der Waals surface area contributed by atoms with Crippen molar-refractivity contribution in [3.8, 4) is 0 Å². The molecule has 3 rings (SSSR count). The minimum absolute atomic E-state index is 0.00348. The van der Waals surface area contributed by atoms with E-state index in [0.29, 0.717) is 10.0 Å². The number of rotatable bonds is 2. The summed E-state index contributed by atoms with van der Waals surface area (Å²) >= 11 is 3.15. The van der Waals surface area contributed by atoms with Crippen molar-refractivity contribution in [2.45, 2.75) is 6.54 Å². The van der Waals surface area contributed by atoms with Crippen LogP contribution in [0.25, 0.3) is 0 Å². The predicted molar refractivity (Wildman–Crippen MR) is 73.8 cm³/mol. The van der Waals surface area contributed by atoms with Crippen molar-refractivity contribution in [2.24, 2.45) is 0 Å². The van der Waals surface area contributed by atoms with Crippen LogP contribution in [0.4, 0.5) is 14.5 Å². The lowest BCUT2D eigenvalue weighted by Crippen LogP contribution is -2.29. The second-order valence-corrected chi connectivity index (χ2v) is 5.37. The van der Waals surface area contributed by atoms with Crippen LogP contribution in [0.2, 0.25) is 0 Å². The van der Waals surface area contributed by atoms with Gasteiger partial charge in [-0.2, -0.15) is 0 Å². The topological polar surface area (TPSA) is 50.3 Å². The molecule has 2 heterocycles. The monoisotopic (exact) mass is 352 g/mol. The highest BCUT2D eigenvalue weighted by molar-refractivity contribution is 9.10. The Balaban J connectivity index is 2.05. The second-order valence-electron chi connectivity index (χ2n) is 4.52. The Labute approximate surface area is 126 Å². The normalized spacial score (nSPS) is 13.8. The number of anilines is 1. The number of fused-ring (bicyclic) bond motifs is 1. The lowest BCUT2D eigenvalue weighted by Gasteiger charge is -2.17. The van der Waals surface area contributed by atoms with E-state index in [1.807, 2.05) is 0 Å². The van der Waals surface area contributed by atoms with Gasteiger partial charge in [-0.15, -0.1) is 0 Å². The Morgan fingerprint density at radius 1 is 1.10 bits per heavy atom. The number of carbonyl (C=O) groups is 2. The van der Waals surface area contributed by atoms with E-state index in [-0.39, 0.29) is 17.8 Å². The van der Waals surface area contributed by atoms with Gasteiger partial charge in [-0.05, 0) is 39.7 Å². The van der Waals surface area contributed by atoms with Gasteiger partial charge in [-0.1, -0.05) is 0 Å². The molecule has 0 atom stereocenters. The molecule has 0 saturated heterocycles. The van der Waals surface area contributed by atoms with Crippen LogP contribution >= 0.6 is 15.9 Å². The number of hydrogen-bond acceptors (Lipinski definition) is 3. The van der Waals surface area contributed by atoms with E-state index >= 15 is 0 Å². The molecule has 0 spiro atoms. The first-order chi connectivity index (χ1) is 9.97. The molecule has 4 nitrogen and oxygen atoms in total. The first-order valence-electron chi connectivity index (χ1n) is 5.92. The molecule has 0 unspecified atom stereocenters. The van der Waals surface area contributed by atoms with Crippen molar-refractivity contribution in [1.82, 2.24) is 4.98 Å². The first-order valence-corrected chi connectivity index (χ1v) is 6.71. The number of pyridine rings is 1. The maximum atomic E-state index is 13.4. The summed E-state index contributed by atoms with van der Waals surface area (Å²) in [7, 11) is 0. The first kappa shape index (κ1) is 13.8. The number of aromatic nitrogens is 1. The lowest BCUT2D eigenvalue weighted by molar-refractivity contribution is -0.114. The maximum Gasteiger partial charge on any atom is 0.299 e. The smallest absolute Gasteiger partial charge is 0.299 e. The standard InChI is InChI=1S/C14H7BrF2N2O2/c15-11-3-8(16)2-10-12(11)19(14(21)13(10)20)6-7-1-9(17)5-18-4-7/h1-5H,6H2. The van der Waals surface area contributed by atoms with Gasteiger partial charge in [0.05, 0.1) is 24.0 Å². The van der Waals surface area contributed by atoms with Gasteiger partial charge in [0.1, 0.15) is 11.6 Å². The number of benzene rings is 1. The summed E-state index contributed by atoms with van der Waals surface area (Å²) in [5, 5.41) is 0. The summed E-state index contributed by atoms with van der Waals surface area (Å²) < 4.78 is 26.8. The van der Waals surface area contributed by atoms with E-state index in [0.717, 1.165) is 12.3 Å². The average molecular weight is 353 g/mol. The molecule has 0 N–H and O–H groups in total. The third-order valence-corrected chi connectivity index (χ3v) is 3.69. The van der Waals surface area contributed by atoms with Gasteiger partial charge in [0.25, 0.3) is 11.7 Å². The van der Waals surface area contributed by atoms with Gasteiger partial charge in [-0.25, -0.2) is 8.78 Å². The fraction of sp³-hybridized carbons (Fsp3) is 0.0714. The Morgan fingerprint density at radius 2 is 1.86 bits per heavy atom. The van der Waals surface area contributed by atoms with Gasteiger partial charge < -0.3 is 0 Å². The molecular weight excluding hydrogens is 346 g/mol. The number of carbonyl (C=O) groups excluding carboxylic acids is 2. The molecule has 2 aromatic rings. The Kier molecular flexibility index (Phi) is 3.29. The van der Waals surface area contributed by atoms with Gasteiger partial charge >= 0.3 is 0 Å². The van der Waals surface area contributed by atoms with E-state index < -0.39 is 23.3 Å². The van der Waals surface area contributed by atoms with Gasteiger partial charge in [0.2, 0.25) is 0 Å². The van der Waals surface area contributed by atoms with Crippen molar-refractivity contribution >= 4 is 33.3 Å². The van der Waals surface area contributed by atoms with Crippen LogP contribution in [0.3, 0.4) is 0 Å². The van der Waals surface area contributed by atoms with E-state index in [2.05, 4.69) is 20.9 Å². The van der Waals surface area contributed by atoms with Crippen LogP contribution in [0.1, 0.15) is 15.9 Å². The van der Waals surface area contributed by atoms with E-state index in [9.17, 15) is 18.4 Å². The molecule has 0 saturated carbocycles. The number of nitrogens with zero attached hydrogens (tertiary/aromatic N) is 2. The van der Waals surface area contributed by atoms with Crippen LogP contribution in [-0.4, -0.2) is 16.7 Å².